The maximum absolute atomic E-state index is 11.5. The van der Waals surface area contributed by atoms with Gasteiger partial charge in [-0.2, -0.15) is 0 Å². The molecular weight excluding hydrogens is 548 g/mol. The second kappa shape index (κ2) is 10.8. The van der Waals surface area contributed by atoms with E-state index in [4.69, 9.17) is 4.74 Å². The topological polar surface area (TPSA) is 81.5 Å². The van der Waals surface area contributed by atoms with Crippen LogP contribution in [-0.4, -0.2) is 39.8 Å². The summed E-state index contributed by atoms with van der Waals surface area (Å²) in [5.74, 6) is 0.472. The number of pyridine rings is 2. The van der Waals surface area contributed by atoms with Crippen molar-refractivity contribution >= 4 is 71.4 Å². The largest absolute Gasteiger partial charge is 0.508 e. The van der Waals surface area contributed by atoms with Crippen molar-refractivity contribution < 1.29 is 19.4 Å². The monoisotopic (exact) mass is 564 g/mol. The highest BCUT2D eigenvalue weighted by atomic mass is 79.9. The van der Waals surface area contributed by atoms with Gasteiger partial charge in [-0.3, -0.25) is 9.97 Å². The fraction of sp³-hybridized carbons (Fsp3) is 0.136. The fourth-order valence-corrected chi connectivity index (χ4v) is 3.85. The van der Waals surface area contributed by atoms with Crippen LogP contribution in [0.5, 0.6) is 11.5 Å². The van der Waals surface area contributed by atoms with Gasteiger partial charge < -0.3 is 14.6 Å². The molecule has 0 fully saturated rings. The number of carbonyl (C=O) groups excluding carboxylic acids is 1. The molecule has 2 heterocycles. The van der Waals surface area contributed by atoms with Crippen molar-refractivity contribution in [2.75, 3.05) is 13.4 Å². The number of fused-ring (bicyclic) bond motifs is 2. The van der Waals surface area contributed by atoms with Gasteiger partial charge in [0, 0.05) is 32.1 Å². The normalized spacial score (nSPS) is 11.5. The average molecular weight is 566 g/mol. The third-order valence-corrected chi connectivity index (χ3v) is 5.69. The van der Waals surface area contributed by atoms with Crippen LogP contribution in [0.25, 0.3) is 21.8 Å². The van der Waals surface area contributed by atoms with Crippen molar-refractivity contribution in [2.45, 2.75) is 5.44 Å². The Labute approximate surface area is 200 Å². The second-order valence-corrected chi connectivity index (χ2v) is 8.98. The average Bonchev–Trinajstić information content (AvgIpc) is 2.76. The number of hydrogen-bond donors (Lipinski definition) is 1. The van der Waals surface area contributed by atoms with Gasteiger partial charge in [0.05, 0.1) is 18.1 Å². The van der Waals surface area contributed by atoms with Gasteiger partial charge in [-0.05, 0) is 86.6 Å². The molecule has 2 aromatic carbocycles. The van der Waals surface area contributed by atoms with E-state index in [1.165, 1.54) is 18.9 Å². The van der Waals surface area contributed by atoms with Crippen molar-refractivity contribution in [2.24, 2.45) is 0 Å². The summed E-state index contributed by atoms with van der Waals surface area (Å²) in [5, 5.41) is 11.1. The third kappa shape index (κ3) is 6.32. The van der Waals surface area contributed by atoms with E-state index in [0.717, 1.165) is 30.8 Å². The van der Waals surface area contributed by atoms with E-state index in [9.17, 15) is 9.90 Å². The van der Waals surface area contributed by atoms with Crippen LogP contribution < -0.4 is 4.74 Å². The number of esters is 1. The molecule has 1 unspecified atom stereocenters. The van der Waals surface area contributed by atoms with Crippen molar-refractivity contribution in [3.8, 4) is 11.5 Å². The Morgan fingerprint density at radius 2 is 1.55 bits per heavy atom. The number of aromatic nitrogens is 2. The Hall–Kier alpha value is -2.36. The van der Waals surface area contributed by atoms with Crippen LogP contribution in [0.4, 0.5) is 0 Å². The van der Waals surface area contributed by atoms with Crippen LogP contribution in [0, 0.1) is 0 Å². The summed E-state index contributed by atoms with van der Waals surface area (Å²) in [5.41, 5.74) is 1.09. The van der Waals surface area contributed by atoms with Crippen molar-refractivity contribution in [1.82, 2.24) is 9.97 Å². The quantitative estimate of drug-likeness (QED) is 0.242. The minimum Gasteiger partial charge on any atom is -0.508 e. The van der Waals surface area contributed by atoms with E-state index in [1.807, 2.05) is 24.3 Å². The van der Waals surface area contributed by atoms with E-state index in [2.05, 4.69) is 46.6 Å². The maximum atomic E-state index is 11.5. The van der Waals surface area contributed by atoms with Crippen LogP contribution >= 0.6 is 43.6 Å². The number of rotatable bonds is 4. The highest BCUT2D eigenvalue weighted by Gasteiger charge is 2.19. The van der Waals surface area contributed by atoms with Gasteiger partial charge in [-0.1, -0.05) is 0 Å². The first kappa shape index (κ1) is 23.3. The number of halogens is 2. The Balaban J connectivity index is 0.000000194. The van der Waals surface area contributed by atoms with Crippen molar-refractivity contribution in [3.63, 3.8) is 0 Å². The number of phenolic OH excluding ortho intramolecular Hbond substituents is 1. The molecule has 6 nitrogen and oxygen atoms in total. The smallest absolute Gasteiger partial charge is 0.357 e. The van der Waals surface area contributed by atoms with Gasteiger partial charge in [-0.15, -0.1) is 11.8 Å². The van der Waals surface area contributed by atoms with Gasteiger partial charge in [0.25, 0.3) is 0 Å². The Morgan fingerprint density at radius 1 is 0.968 bits per heavy atom. The molecule has 160 valence electrons. The maximum Gasteiger partial charge on any atom is 0.357 e. The molecule has 4 aromatic rings. The lowest BCUT2D eigenvalue weighted by Gasteiger charge is -2.14. The summed E-state index contributed by atoms with van der Waals surface area (Å²) < 4.78 is 12.1. The van der Waals surface area contributed by atoms with E-state index in [0.29, 0.717) is 5.75 Å². The molecule has 0 amide bonds. The first-order chi connectivity index (χ1) is 14.9. The zero-order valence-corrected chi connectivity index (χ0v) is 20.6. The molecular formula is C22H18Br2N2O4S. The lowest BCUT2D eigenvalue weighted by Crippen LogP contribution is -2.24. The molecule has 0 saturated heterocycles. The molecule has 1 N–H and O–H groups in total. The van der Waals surface area contributed by atoms with Gasteiger partial charge in [0.2, 0.25) is 5.44 Å². The third-order valence-electron chi connectivity index (χ3n) is 4.10. The Bertz CT molecular complexity index is 1190. The predicted octanol–water partition coefficient (Wildman–Crippen LogP) is 5.94. The minimum atomic E-state index is -0.664. The highest BCUT2D eigenvalue weighted by molar-refractivity contribution is 9.10. The number of benzene rings is 2. The van der Waals surface area contributed by atoms with Crippen LogP contribution in [0.1, 0.15) is 0 Å². The predicted molar refractivity (Wildman–Crippen MR) is 130 cm³/mol. The molecule has 0 aliphatic heterocycles. The number of phenols is 1. The van der Waals surface area contributed by atoms with Crippen LogP contribution in [0.2, 0.25) is 0 Å². The standard InChI is InChI=1S/C13H12BrNO3S.C9H6BrNO/c1-17-12(16)13(19-2)18-10-3-4-11-8(6-10)5-9(14)7-15-11;10-7-3-6-4-8(12)1-2-9(6)11-5-7/h3-7,13H,1-2H3;1-5,12H. The minimum absolute atomic E-state index is 0.266. The Kier molecular flexibility index (Phi) is 8.11. The van der Waals surface area contributed by atoms with E-state index >= 15 is 0 Å². The summed E-state index contributed by atoms with van der Waals surface area (Å²) in [7, 11) is 1.34. The summed E-state index contributed by atoms with van der Waals surface area (Å²) in [6.45, 7) is 0. The molecule has 0 spiro atoms. The molecule has 0 aliphatic carbocycles. The number of nitrogens with zero attached hydrogens (tertiary/aromatic N) is 2. The van der Waals surface area contributed by atoms with Crippen molar-refractivity contribution in [1.29, 1.82) is 0 Å². The highest BCUT2D eigenvalue weighted by Crippen LogP contribution is 2.25. The molecule has 1 atom stereocenters. The number of ether oxygens (including phenoxy) is 2. The van der Waals surface area contributed by atoms with E-state index in [-0.39, 0.29) is 5.75 Å². The van der Waals surface area contributed by atoms with Gasteiger partial charge in [0.1, 0.15) is 11.5 Å². The molecule has 2 aromatic heterocycles. The van der Waals surface area contributed by atoms with Crippen LogP contribution in [0.15, 0.2) is 69.9 Å². The molecule has 0 aliphatic rings. The zero-order valence-electron chi connectivity index (χ0n) is 16.6. The number of thioether (sulfide) groups is 1. The number of aromatic hydroxyl groups is 1. The van der Waals surface area contributed by atoms with Crippen LogP contribution in [0.3, 0.4) is 0 Å². The fourth-order valence-electron chi connectivity index (χ4n) is 2.66. The molecule has 0 bridgehead atoms. The summed E-state index contributed by atoms with van der Waals surface area (Å²) in [6, 6.07) is 14.5. The first-order valence-corrected chi connectivity index (χ1v) is 11.8. The van der Waals surface area contributed by atoms with Gasteiger partial charge in [-0.25, -0.2) is 4.79 Å². The van der Waals surface area contributed by atoms with Gasteiger partial charge >= 0.3 is 5.97 Å². The molecule has 0 radical (unpaired) electrons. The molecule has 9 heteroatoms. The lowest BCUT2D eigenvalue weighted by molar-refractivity contribution is -0.144. The SMILES string of the molecule is COC(=O)C(Oc1ccc2ncc(Br)cc2c1)SC.Oc1ccc2ncc(Br)cc2c1. The summed E-state index contributed by atoms with van der Waals surface area (Å²) in [6.07, 6.45) is 5.27. The number of methoxy groups -OCH3 is 1. The number of carbonyl (C=O) groups is 1. The second-order valence-electron chi connectivity index (χ2n) is 6.25. The van der Waals surface area contributed by atoms with E-state index < -0.39 is 11.4 Å². The molecule has 0 saturated carbocycles. The zero-order chi connectivity index (χ0) is 22.4. The molecule has 4 rings (SSSR count). The van der Waals surface area contributed by atoms with Crippen molar-refractivity contribution in [3.05, 3.63) is 69.9 Å². The number of hydrogen-bond acceptors (Lipinski definition) is 7. The van der Waals surface area contributed by atoms with E-state index in [1.54, 1.807) is 42.9 Å². The molecule has 31 heavy (non-hydrogen) atoms. The summed E-state index contributed by atoms with van der Waals surface area (Å²) in [4.78, 5) is 19.9. The summed E-state index contributed by atoms with van der Waals surface area (Å²) >= 11 is 7.97. The Morgan fingerprint density at radius 3 is 2.13 bits per heavy atom. The lowest BCUT2D eigenvalue weighted by atomic mass is 10.2. The van der Waals surface area contributed by atoms with Crippen LogP contribution in [-0.2, 0) is 9.53 Å². The van der Waals surface area contributed by atoms with Gasteiger partial charge in [0.15, 0.2) is 0 Å². The first-order valence-electron chi connectivity index (χ1n) is 8.96.